The van der Waals surface area contributed by atoms with Crippen LogP contribution in [0.25, 0.3) is 0 Å². The van der Waals surface area contributed by atoms with Crippen molar-refractivity contribution in [2.45, 2.75) is 20.0 Å². The second-order valence-electron chi connectivity index (χ2n) is 2.92. The summed E-state index contributed by atoms with van der Waals surface area (Å²) in [5.74, 6) is -0.200. The average Bonchev–Trinajstić information content (AvgIpc) is 2.21. The summed E-state index contributed by atoms with van der Waals surface area (Å²) in [6.07, 6.45) is 0.295. The molecule has 0 saturated carbocycles. The molecule has 0 bridgehead atoms. The molecule has 0 radical (unpaired) electrons. The first kappa shape index (κ1) is 13.6. The lowest BCUT2D eigenvalue weighted by molar-refractivity contribution is -0.0504. The predicted octanol–water partition coefficient (Wildman–Crippen LogP) is 4.41. The maximum atomic E-state index is 12.1. The van der Waals surface area contributed by atoms with Crippen LogP contribution in [-0.2, 0) is 0 Å². The van der Waals surface area contributed by atoms with Gasteiger partial charge in [-0.15, -0.1) is 0 Å². The van der Waals surface area contributed by atoms with Crippen LogP contribution in [0.5, 0.6) is 5.75 Å². The van der Waals surface area contributed by atoms with Crippen LogP contribution < -0.4 is 4.74 Å². The van der Waals surface area contributed by atoms with Gasteiger partial charge in [0.05, 0.1) is 4.47 Å². The molecule has 0 N–H and O–H groups in total. The van der Waals surface area contributed by atoms with E-state index in [-0.39, 0.29) is 16.0 Å². The molecule has 1 rings (SSSR count). The quantitative estimate of drug-likeness (QED) is 0.746. The lowest BCUT2D eigenvalue weighted by Gasteiger charge is -2.10. The second-order valence-corrected chi connectivity index (χ2v) is 4.63. The van der Waals surface area contributed by atoms with E-state index < -0.39 is 6.61 Å². The minimum atomic E-state index is -2.92. The molecule has 0 aliphatic heterocycles. The number of hydrogen-bond donors (Lipinski definition) is 0. The highest BCUT2D eigenvalue weighted by atomic mass is 79.9. The van der Waals surface area contributed by atoms with Crippen molar-refractivity contribution in [2.75, 3.05) is 0 Å². The van der Waals surface area contributed by atoms with E-state index in [0.29, 0.717) is 16.5 Å². The highest BCUT2D eigenvalue weighted by Crippen LogP contribution is 2.34. The van der Waals surface area contributed by atoms with Crippen molar-refractivity contribution in [1.82, 2.24) is 0 Å². The molecule has 0 amide bonds. The third-order valence-corrected chi connectivity index (χ3v) is 3.12. The van der Waals surface area contributed by atoms with E-state index in [1.165, 1.54) is 6.07 Å². The third kappa shape index (κ3) is 3.25. The molecule has 0 aromatic heterocycles. The van der Waals surface area contributed by atoms with Crippen molar-refractivity contribution in [2.24, 2.45) is 0 Å². The van der Waals surface area contributed by atoms with E-state index in [1.54, 1.807) is 13.0 Å². The third-order valence-electron chi connectivity index (χ3n) is 1.84. The Morgan fingerprint density at radius 1 is 1.44 bits per heavy atom. The zero-order valence-electron chi connectivity index (χ0n) is 8.27. The molecule has 0 atom stereocenters. The zero-order valence-corrected chi connectivity index (χ0v) is 11.4. The first-order chi connectivity index (χ1) is 7.45. The minimum absolute atomic E-state index is 0.0545. The first-order valence-electron chi connectivity index (χ1n) is 4.42. The van der Waals surface area contributed by atoms with E-state index >= 15 is 0 Å². The number of rotatable bonds is 4. The summed E-state index contributed by atoms with van der Waals surface area (Å²) in [6.45, 7) is -1.22. The fraction of sp³-hybridized carbons (Fsp3) is 0.300. The molecule has 88 valence electrons. The van der Waals surface area contributed by atoms with Gasteiger partial charge < -0.3 is 4.74 Å². The highest BCUT2D eigenvalue weighted by molar-refractivity contribution is 9.11. The monoisotopic (exact) mass is 356 g/mol. The first-order valence-corrected chi connectivity index (χ1v) is 6.01. The van der Waals surface area contributed by atoms with Crippen molar-refractivity contribution in [3.05, 3.63) is 26.6 Å². The number of carbonyl (C=O) groups excluding carboxylic acids is 1. The summed E-state index contributed by atoms with van der Waals surface area (Å²) < 4.78 is 29.3. The standard InChI is InChI=1S/C10H8Br2F2O2/c1-2-7(15)6-3-5(11)4-8(9(6)12)16-10(13)14/h3-4,10H,2H2,1H3. The van der Waals surface area contributed by atoms with Gasteiger partial charge >= 0.3 is 6.61 Å². The Labute approximate surface area is 108 Å². The summed E-state index contributed by atoms with van der Waals surface area (Å²) >= 11 is 6.22. The van der Waals surface area contributed by atoms with Gasteiger partial charge in [0, 0.05) is 16.5 Å². The highest BCUT2D eigenvalue weighted by Gasteiger charge is 2.16. The van der Waals surface area contributed by atoms with Crippen LogP contribution in [0.3, 0.4) is 0 Å². The molecule has 0 aliphatic carbocycles. The number of alkyl halides is 2. The molecule has 0 fully saturated rings. The molecule has 1 aromatic carbocycles. The van der Waals surface area contributed by atoms with Crippen LogP contribution in [-0.4, -0.2) is 12.4 Å². The number of carbonyl (C=O) groups is 1. The minimum Gasteiger partial charge on any atom is -0.434 e. The molecule has 0 spiro atoms. The molecule has 0 saturated heterocycles. The van der Waals surface area contributed by atoms with Crippen LogP contribution >= 0.6 is 31.9 Å². The van der Waals surface area contributed by atoms with Gasteiger partial charge in [-0.2, -0.15) is 8.78 Å². The summed E-state index contributed by atoms with van der Waals surface area (Å²) in [5.41, 5.74) is 0.326. The fourth-order valence-electron chi connectivity index (χ4n) is 1.14. The topological polar surface area (TPSA) is 26.3 Å². The van der Waals surface area contributed by atoms with Crippen molar-refractivity contribution in [3.8, 4) is 5.75 Å². The Morgan fingerprint density at radius 2 is 2.06 bits per heavy atom. The van der Waals surface area contributed by atoms with Gasteiger partial charge in [-0.25, -0.2) is 0 Å². The van der Waals surface area contributed by atoms with Crippen LogP contribution in [0, 0.1) is 0 Å². The SMILES string of the molecule is CCC(=O)c1cc(Br)cc(OC(F)F)c1Br. The Morgan fingerprint density at radius 3 is 2.56 bits per heavy atom. The number of ketones is 1. The lowest BCUT2D eigenvalue weighted by Crippen LogP contribution is -2.05. The fourth-order valence-corrected chi connectivity index (χ4v) is 2.12. The van der Waals surface area contributed by atoms with E-state index in [1.807, 2.05) is 0 Å². The van der Waals surface area contributed by atoms with E-state index in [4.69, 9.17) is 0 Å². The summed E-state index contributed by atoms with van der Waals surface area (Å²) in [7, 11) is 0. The van der Waals surface area contributed by atoms with Crippen molar-refractivity contribution in [1.29, 1.82) is 0 Å². The van der Waals surface area contributed by atoms with Crippen molar-refractivity contribution < 1.29 is 18.3 Å². The van der Waals surface area contributed by atoms with E-state index in [2.05, 4.69) is 36.6 Å². The van der Waals surface area contributed by atoms with Crippen LogP contribution in [0.4, 0.5) is 8.78 Å². The largest absolute Gasteiger partial charge is 0.434 e. The predicted molar refractivity (Wildman–Crippen MR) is 63.1 cm³/mol. The van der Waals surface area contributed by atoms with Crippen LogP contribution in [0.1, 0.15) is 23.7 Å². The smallest absolute Gasteiger partial charge is 0.387 e. The summed E-state index contributed by atoms with van der Waals surface area (Å²) in [4.78, 5) is 11.5. The van der Waals surface area contributed by atoms with Gasteiger partial charge in [0.25, 0.3) is 0 Å². The molecule has 1 aromatic rings. The molecular formula is C10H8Br2F2O2. The Balaban J connectivity index is 3.20. The van der Waals surface area contributed by atoms with Gasteiger partial charge in [0.15, 0.2) is 5.78 Å². The summed E-state index contributed by atoms with van der Waals surface area (Å²) in [6, 6.07) is 2.94. The van der Waals surface area contributed by atoms with Crippen molar-refractivity contribution >= 4 is 37.6 Å². The molecule has 0 heterocycles. The normalized spacial score (nSPS) is 10.6. The Bertz CT molecular complexity index is 408. The number of Topliss-reactive ketones (excluding diaryl/α,β-unsaturated/α-hetero) is 1. The van der Waals surface area contributed by atoms with Gasteiger partial charge in [0.2, 0.25) is 0 Å². The van der Waals surface area contributed by atoms with E-state index in [9.17, 15) is 13.6 Å². The number of hydrogen-bond acceptors (Lipinski definition) is 2. The average molecular weight is 358 g/mol. The number of ether oxygens (including phenoxy) is 1. The molecule has 2 nitrogen and oxygen atoms in total. The molecule has 6 heteroatoms. The van der Waals surface area contributed by atoms with Crippen LogP contribution in [0.15, 0.2) is 21.1 Å². The number of halogens is 4. The Kier molecular flexibility index (Phi) is 4.86. The van der Waals surface area contributed by atoms with Gasteiger partial charge in [-0.05, 0) is 28.1 Å². The maximum absolute atomic E-state index is 12.1. The van der Waals surface area contributed by atoms with Gasteiger partial charge in [0.1, 0.15) is 5.75 Å². The molecular weight excluding hydrogens is 350 g/mol. The summed E-state index contributed by atoms with van der Waals surface area (Å²) in [5, 5.41) is 0. The van der Waals surface area contributed by atoms with Crippen LogP contribution in [0.2, 0.25) is 0 Å². The number of benzene rings is 1. The maximum Gasteiger partial charge on any atom is 0.387 e. The Hall–Kier alpha value is -0.490. The van der Waals surface area contributed by atoms with Crippen molar-refractivity contribution in [3.63, 3.8) is 0 Å². The molecule has 0 unspecified atom stereocenters. The molecule has 0 aliphatic rings. The second kappa shape index (κ2) is 5.72. The molecule has 16 heavy (non-hydrogen) atoms. The lowest BCUT2D eigenvalue weighted by atomic mass is 10.1. The van der Waals surface area contributed by atoms with Gasteiger partial charge in [-0.3, -0.25) is 4.79 Å². The van der Waals surface area contributed by atoms with E-state index in [0.717, 1.165) is 0 Å². The zero-order chi connectivity index (χ0) is 12.3. The van der Waals surface area contributed by atoms with Gasteiger partial charge in [-0.1, -0.05) is 22.9 Å².